The van der Waals surface area contributed by atoms with Crippen LogP contribution >= 0.6 is 0 Å². The van der Waals surface area contributed by atoms with E-state index in [1.807, 2.05) is 137 Å². The first-order valence-corrected chi connectivity index (χ1v) is 17.8. The minimum absolute atomic E-state index is 0.178. The zero-order chi connectivity index (χ0) is 37.7. The highest BCUT2D eigenvalue weighted by atomic mass is 16.5. The number of pyridine rings is 2. The van der Waals surface area contributed by atoms with Gasteiger partial charge in [-0.25, -0.2) is 9.97 Å². The Morgan fingerprint density at radius 3 is 1.76 bits per heavy atom. The molecule has 0 saturated heterocycles. The zero-order valence-electron chi connectivity index (χ0n) is 30.3. The molecule has 0 bridgehead atoms. The summed E-state index contributed by atoms with van der Waals surface area (Å²) in [5.74, 6) is 0.909. The van der Waals surface area contributed by atoms with E-state index in [2.05, 4.69) is 22.1 Å². The Hall–Kier alpha value is -7.32. The summed E-state index contributed by atoms with van der Waals surface area (Å²) in [5, 5.41) is 21.1. The third kappa shape index (κ3) is 7.34. The molecule has 4 aromatic heterocycles. The maximum atomic E-state index is 14.4. The number of aromatic nitrogens is 6. The molecule has 270 valence electrons. The Balaban J connectivity index is 1.09. The van der Waals surface area contributed by atoms with Crippen molar-refractivity contribution in [2.75, 3.05) is 25.7 Å². The number of hydrogen-bond donors (Lipinski definition) is 0. The van der Waals surface area contributed by atoms with Gasteiger partial charge in [0.05, 0.1) is 62.2 Å². The van der Waals surface area contributed by atoms with Gasteiger partial charge in [0.25, 0.3) is 5.91 Å². The summed E-state index contributed by atoms with van der Waals surface area (Å²) in [6.45, 7) is 1.20. The molecule has 0 aliphatic rings. The molecule has 8 aromatic rings. The highest BCUT2D eigenvalue weighted by Crippen LogP contribution is 2.33. The fourth-order valence-electron chi connectivity index (χ4n) is 6.83. The zero-order valence-corrected chi connectivity index (χ0v) is 30.3. The van der Waals surface area contributed by atoms with E-state index in [9.17, 15) is 10.1 Å². The average Bonchev–Trinajstić information content (AvgIpc) is 3.84. The molecule has 0 radical (unpaired) electrons. The second kappa shape index (κ2) is 15.3. The predicted molar refractivity (Wildman–Crippen MR) is 212 cm³/mol. The Morgan fingerprint density at radius 2 is 1.20 bits per heavy atom. The fourth-order valence-corrected chi connectivity index (χ4v) is 6.83. The van der Waals surface area contributed by atoms with Crippen LogP contribution in [0.2, 0.25) is 0 Å². The SMILES string of the molecule is COc1cccc(Cn2cc3c(-c4cccc(C(=O)N(CCC#N)c5cccc(-c6cccc7nn(Cc8cccc(OC)n8)cc67)c5)c4)cccc3n2)n1. The van der Waals surface area contributed by atoms with Crippen molar-refractivity contribution in [3.8, 4) is 40.1 Å². The second-order valence-electron chi connectivity index (χ2n) is 13.0. The summed E-state index contributed by atoms with van der Waals surface area (Å²) >= 11 is 0. The lowest BCUT2D eigenvalue weighted by Gasteiger charge is -2.23. The Labute approximate surface area is 317 Å². The molecule has 0 aliphatic heterocycles. The van der Waals surface area contributed by atoms with Gasteiger partial charge in [-0.1, -0.05) is 60.7 Å². The lowest BCUT2D eigenvalue weighted by atomic mass is 9.99. The van der Waals surface area contributed by atoms with Gasteiger partial charge in [0.2, 0.25) is 11.8 Å². The van der Waals surface area contributed by atoms with Gasteiger partial charge in [-0.05, 0) is 70.8 Å². The summed E-state index contributed by atoms with van der Waals surface area (Å²) in [4.78, 5) is 25.1. The summed E-state index contributed by atoms with van der Waals surface area (Å²) in [7, 11) is 3.20. The number of nitrogens with zero attached hydrogens (tertiary/aromatic N) is 8. The molecule has 4 heterocycles. The van der Waals surface area contributed by atoms with Crippen LogP contribution in [-0.4, -0.2) is 56.2 Å². The molecule has 0 fully saturated rings. The van der Waals surface area contributed by atoms with E-state index in [1.54, 1.807) is 19.1 Å². The van der Waals surface area contributed by atoms with Crippen LogP contribution in [0.25, 0.3) is 44.1 Å². The van der Waals surface area contributed by atoms with Gasteiger partial charge in [0.15, 0.2) is 0 Å². The smallest absolute Gasteiger partial charge is 0.258 e. The molecular formula is C44H36N8O3. The molecule has 0 aliphatic carbocycles. The number of methoxy groups -OCH3 is 2. The van der Waals surface area contributed by atoms with E-state index >= 15 is 0 Å². The first-order valence-electron chi connectivity index (χ1n) is 17.8. The normalized spacial score (nSPS) is 11.1. The van der Waals surface area contributed by atoms with Gasteiger partial charge in [-0.3, -0.25) is 14.2 Å². The van der Waals surface area contributed by atoms with Crippen molar-refractivity contribution in [1.82, 2.24) is 29.5 Å². The molecule has 4 aromatic carbocycles. The van der Waals surface area contributed by atoms with Crippen LogP contribution in [0.4, 0.5) is 5.69 Å². The van der Waals surface area contributed by atoms with Crippen molar-refractivity contribution >= 4 is 33.4 Å². The largest absolute Gasteiger partial charge is 0.481 e. The molecule has 0 saturated carbocycles. The Kier molecular flexibility index (Phi) is 9.69. The number of nitriles is 1. The van der Waals surface area contributed by atoms with E-state index in [1.165, 1.54) is 0 Å². The summed E-state index contributed by atoms with van der Waals surface area (Å²) in [6, 6.07) is 41.1. The van der Waals surface area contributed by atoms with Crippen molar-refractivity contribution in [3.05, 3.63) is 151 Å². The van der Waals surface area contributed by atoms with E-state index in [0.29, 0.717) is 36.1 Å². The molecule has 1 amide bonds. The number of ether oxygens (including phenoxy) is 2. The number of amides is 1. The standard InChI is InChI=1S/C44H36N8O3/c1-54-42-20-5-13-33(46-42)26-50-28-38-36(16-7-18-40(38)48-50)30-10-3-12-32(24-30)44(53)52(23-9-22-45)35-15-4-11-31(25-35)37-17-8-19-41-39(37)29-51(49-41)27-34-14-6-21-43(47-34)55-2/h3-8,10-21,24-25,28-29H,9,23,26-27H2,1-2H3. The number of benzene rings is 4. The molecule has 0 N–H and O–H groups in total. The fraction of sp³-hybridized carbons (Fsp3) is 0.136. The van der Waals surface area contributed by atoms with Gasteiger partial charge in [-0.15, -0.1) is 0 Å². The van der Waals surface area contributed by atoms with Gasteiger partial charge in [0.1, 0.15) is 0 Å². The number of carbonyl (C=O) groups is 1. The van der Waals surface area contributed by atoms with Crippen LogP contribution < -0.4 is 14.4 Å². The third-order valence-corrected chi connectivity index (χ3v) is 9.41. The molecule has 8 rings (SSSR count). The van der Waals surface area contributed by atoms with Crippen molar-refractivity contribution in [2.24, 2.45) is 0 Å². The number of anilines is 1. The number of rotatable bonds is 12. The number of hydrogen-bond acceptors (Lipinski definition) is 8. The van der Waals surface area contributed by atoms with Crippen LogP contribution in [-0.2, 0) is 13.1 Å². The summed E-state index contributed by atoms with van der Waals surface area (Å²) in [6.07, 6.45) is 4.20. The van der Waals surface area contributed by atoms with Crippen molar-refractivity contribution in [2.45, 2.75) is 19.5 Å². The molecule has 0 atom stereocenters. The first kappa shape index (κ1) is 34.7. The minimum Gasteiger partial charge on any atom is -0.481 e. The first-order chi connectivity index (χ1) is 27.0. The van der Waals surface area contributed by atoms with Crippen LogP contribution in [0.3, 0.4) is 0 Å². The lowest BCUT2D eigenvalue weighted by Crippen LogP contribution is -2.31. The van der Waals surface area contributed by atoms with E-state index in [0.717, 1.165) is 55.4 Å². The molecular weight excluding hydrogens is 689 g/mol. The quantitative estimate of drug-likeness (QED) is 0.124. The van der Waals surface area contributed by atoms with Crippen LogP contribution in [0, 0.1) is 11.3 Å². The van der Waals surface area contributed by atoms with E-state index in [4.69, 9.17) is 19.7 Å². The summed E-state index contributed by atoms with van der Waals surface area (Å²) < 4.78 is 14.3. The Bertz CT molecular complexity index is 2710. The molecule has 11 heteroatoms. The molecule has 0 spiro atoms. The molecule has 55 heavy (non-hydrogen) atoms. The highest BCUT2D eigenvalue weighted by molar-refractivity contribution is 6.08. The van der Waals surface area contributed by atoms with Crippen molar-refractivity contribution in [3.63, 3.8) is 0 Å². The lowest BCUT2D eigenvalue weighted by molar-refractivity contribution is 0.0987. The number of carbonyl (C=O) groups excluding carboxylic acids is 1. The maximum Gasteiger partial charge on any atom is 0.258 e. The summed E-state index contributed by atoms with van der Waals surface area (Å²) in [5.41, 5.74) is 8.31. The third-order valence-electron chi connectivity index (χ3n) is 9.41. The van der Waals surface area contributed by atoms with Crippen LogP contribution in [0.1, 0.15) is 28.2 Å². The average molecular weight is 725 g/mol. The minimum atomic E-state index is -0.196. The van der Waals surface area contributed by atoms with Gasteiger partial charge in [0, 0.05) is 53.1 Å². The monoisotopic (exact) mass is 724 g/mol. The van der Waals surface area contributed by atoms with E-state index in [-0.39, 0.29) is 18.9 Å². The van der Waals surface area contributed by atoms with Gasteiger partial charge < -0.3 is 14.4 Å². The van der Waals surface area contributed by atoms with Crippen molar-refractivity contribution < 1.29 is 14.3 Å². The predicted octanol–water partition coefficient (Wildman–Crippen LogP) is 8.18. The van der Waals surface area contributed by atoms with Crippen molar-refractivity contribution in [1.29, 1.82) is 5.26 Å². The second-order valence-corrected chi connectivity index (χ2v) is 13.0. The highest BCUT2D eigenvalue weighted by Gasteiger charge is 2.20. The van der Waals surface area contributed by atoms with Gasteiger partial charge >= 0.3 is 0 Å². The van der Waals surface area contributed by atoms with Crippen LogP contribution in [0.5, 0.6) is 11.8 Å². The molecule has 0 unspecified atom stereocenters. The topological polar surface area (TPSA) is 124 Å². The maximum absolute atomic E-state index is 14.4. The number of fused-ring (bicyclic) bond motifs is 2. The molecule has 11 nitrogen and oxygen atoms in total. The van der Waals surface area contributed by atoms with Gasteiger partial charge in [-0.2, -0.15) is 15.5 Å². The van der Waals surface area contributed by atoms with Crippen LogP contribution in [0.15, 0.2) is 134 Å². The Morgan fingerprint density at radius 1 is 0.673 bits per heavy atom. The van der Waals surface area contributed by atoms with E-state index < -0.39 is 0 Å².